The first-order chi connectivity index (χ1) is 13.8. The van der Waals surface area contributed by atoms with Gasteiger partial charge in [-0.25, -0.2) is 0 Å². The first-order valence-electron chi connectivity index (χ1n) is 10.7. The number of piperidine rings is 1. The Morgan fingerprint density at radius 3 is 2.43 bits per heavy atom. The van der Waals surface area contributed by atoms with Crippen LogP contribution >= 0.6 is 0 Å². The van der Waals surface area contributed by atoms with Crippen LogP contribution in [0.3, 0.4) is 0 Å². The third-order valence-corrected chi connectivity index (χ3v) is 6.17. The SMILES string of the molecule is Nc1ccccc1C1CCN(CC2CN(Cc3ccccc3)CCCO2)CC1. The van der Waals surface area contributed by atoms with Crippen LogP contribution in [-0.2, 0) is 11.3 Å². The van der Waals surface area contributed by atoms with Gasteiger partial charge in [0.05, 0.1) is 6.10 Å². The second-order valence-corrected chi connectivity index (χ2v) is 8.27. The van der Waals surface area contributed by atoms with E-state index in [1.54, 1.807) is 0 Å². The second-order valence-electron chi connectivity index (χ2n) is 8.27. The third-order valence-electron chi connectivity index (χ3n) is 6.17. The molecule has 0 bridgehead atoms. The lowest BCUT2D eigenvalue weighted by Crippen LogP contribution is -2.43. The fourth-order valence-electron chi connectivity index (χ4n) is 4.66. The van der Waals surface area contributed by atoms with E-state index in [-0.39, 0.29) is 0 Å². The van der Waals surface area contributed by atoms with Crippen molar-refractivity contribution in [2.75, 3.05) is 45.1 Å². The average Bonchev–Trinajstić information content (AvgIpc) is 2.95. The Morgan fingerprint density at radius 2 is 1.64 bits per heavy atom. The molecule has 4 heteroatoms. The van der Waals surface area contributed by atoms with Crippen LogP contribution in [0.15, 0.2) is 54.6 Å². The van der Waals surface area contributed by atoms with E-state index in [1.165, 1.54) is 24.0 Å². The molecule has 2 aromatic carbocycles. The van der Waals surface area contributed by atoms with Gasteiger partial charge in [-0.05, 0) is 55.5 Å². The molecule has 0 radical (unpaired) electrons. The zero-order chi connectivity index (χ0) is 19.2. The van der Waals surface area contributed by atoms with E-state index < -0.39 is 0 Å². The van der Waals surface area contributed by atoms with Crippen molar-refractivity contribution in [2.24, 2.45) is 0 Å². The molecular weight excluding hydrogens is 346 g/mol. The Kier molecular flexibility index (Phi) is 6.63. The lowest BCUT2D eigenvalue weighted by Gasteiger charge is -2.35. The summed E-state index contributed by atoms with van der Waals surface area (Å²) in [5.74, 6) is 0.599. The maximum Gasteiger partial charge on any atom is 0.0828 e. The van der Waals surface area contributed by atoms with Crippen LogP contribution in [0, 0.1) is 0 Å². The summed E-state index contributed by atoms with van der Waals surface area (Å²) in [4.78, 5) is 5.15. The smallest absolute Gasteiger partial charge is 0.0828 e. The summed E-state index contributed by atoms with van der Waals surface area (Å²) in [5, 5.41) is 0. The normalized spacial score (nSPS) is 22.8. The Hall–Kier alpha value is -1.88. The number of nitrogens with zero attached hydrogens (tertiary/aromatic N) is 2. The van der Waals surface area contributed by atoms with Crippen LogP contribution in [0.25, 0.3) is 0 Å². The summed E-state index contributed by atoms with van der Waals surface area (Å²) in [7, 11) is 0. The number of para-hydroxylation sites is 1. The number of hydrogen-bond acceptors (Lipinski definition) is 4. The van der Waals surface area contributed by atoms with E-state index in [0.29, 0.717) is 12.0 Å². The van der Waals surface area contributed by atoms with Crippen molar-refractivity contribution in [1.82, 2.24) is 9.80 Å². The van der Waals surface area contributed by atoms with Crippen molar-refractivity contribution in [1.29, 1.82) is 0 Å². The number of nitrogen functional groups attached to an aromatic ring is 1. The number of likely N-dealkylation sites (tertiary alicyclic amines) is 1. The first kappa shape index (κ1) is 19.4. The van der Waals surface area contributed by atoms with Crippen molar-refractivity contribution in [3.63, 3.8) is 0 Å². The Morgan fingerprint density at radius 1 is 0.893 bits per heavy atom. The molecule has 2 fully saturated rings. The van der Waals surface area contributed by atoms with Gasteiger partial charge in [0.2, 0.25) is 0 Å². The number of rotatable bonds is 5. The third kappa shape index (κ3) is 5.13. The highest BCUT2D eigenvalue weighted by atomic mass is 16.5. The molecule has 150 valence electrons. The van der Waals surface area contributed by atoms with Gasteiger partial charge in [-0.3, -0.25) is 4.90 Å². The van der Waals surface area contributed by atoms with E-state index in [0.717, 1.165) is 58.0 Å². The van der Waals surface area contributed by atoms with E-state index >= 15 is 0 Å². The Labute approximate surface area is 169 Å². The molecule has 4 nitrogen and oxygen atoms in total. The number of nitrogens with two attached hydrogens (primary N) is 1. The molecule has 0 spiro atoms. The predicted octanol–water partition coefficient (Wildman–Crippen LogP) is 3.74. The standard InChI is InChI=1S/C24H33N3O/c25-24-10-5-4-9-23(24)21-11-14-26(15-12-21)18-22-19-27(13-6-16-28-22)17-20-7-2-1-3-8-20/h1-5,7-10,21-22H,6,11-19,25H2. The molecular formula is C24H33N3O. The summed E-state index contributed by atoms with van der Waals surface area (Å²) in [6.45, 7) is 7.38. The highest BCUT2D eigenvalue weighted by molar-refractivity contribution is 5.48. The quantitative estimate of drug-likeness (QED) is 0.804. The van der Waals surface area contributed by atoms with Gasteiger partial charge in [0.1, 0.15) is 0 Å². The van der Waals surface area contributed by atoms with Gasteiger partial charge in [-0.15, -0.1) is 0 Å². The fraction of sp³-hybridized carbons (Fsp3) is 0.500. The van der Waals surface area contributed by atoms with Crippen LogP contribution in [-0.4, -0.2) is 55.2 Å². The molecule has 1 unspecified atom stereocenters. The summed E-state index contributed by atoms with van der Waals surface area (Å²) < 4.78 is 6.20. The zero-order valence-corrected chi connectivity index (χ0v) is 16.8. The lowest BCUT2D eigenvalue weighted by molar-refractivity contribution is 0.0203. The van der Waals surface area contributed by atoms with Crippen molar-refractivity contribution < 1.29 is 4.74 Å². The molecule has 0 saturated carbocycles. The Bertz CT molecular complexity index is 728. The minimum atomic E-state index is 0.310. The van der Waals surface area contributed by atoms with E-state index in [9.17, 15) is 0 Å². The van der Waals surface area contributed by atoms with Crippen LogP contribution in [0.1, 0.15) is 36.3 Å². The molecule has 2 N–H and O–H groups in total. The summed E-state index contributed by atoms with van der Waals surface area (Å²) in [6, 6.07) is 19.2. The molecule has 2 saturated heterocycles. The predicted molar refractivity (Wildman–Crippen MR) is 115 cm³/mol. The van der Waals surface area contributed by atoms with E-state index in [2.05, 4.69) is 52.3 Å². The number of hydrogen-bond donors (Lipinski definition) is 1. The topological polar surface area (TPSA) is 41.7 Å². The van der Waals surface area contributed by atoms with Gasteiger partial charge in [0, 0.05) is 38.5 Å². The molecule has 0 amide bonds. The molecule has 0 aliphatic carbocycles. The maximum absolute atomic E-state index is 6.20. The molecule has 2 aliphatic rings. The fourth-order valence-corrected chi connectivity index (χ4v) is 4.66. The highest BCUT2D eigenvalue weighted by Gasteiger charge is 2.26. The first-order valence-corrected chi connectivity index (χ1v) is 10.7. The molecule has 0 aromatic heterocycles. The maximum atomic E-state index is 6.20. The Balaban J connectivity index is 1.28. The zero-order valence-electron chi connectivity index (χ0n) is 16.8. The minimum absolute atomic E-state index is 0.310. The van der Waals surface area contributed by atoms with Gasteiger partial charge >= 0.3 is 0 Å². The largest absolute Gasteiger partial charge is 0.398 e. The molecule has 1 atom stereocenters. The molecule has 2 aliphatic heterocycles. The highest BCUT2D eigenvalue weighted by Crippen LogP contribution is 2.31. The van der Waals surface area contributed by atoms with Gasteiger partial charge in [0.15, 0.2) is 0 Å². The minimum Gasteiger partial charge on any atom is -0.398 e. The van der Waals surface area contributed by atoms with Gasteiger partial charge in [-0.2, -0.15) is 0 Å². The van der Waals surface area contributed by atoms with Crippen LogP contribution in [0.2, 0.25) is 0 Å². The molecule has 2 aromatic rings. The van der Waals surface area contributed by atoms with Crippen molar-refractivity contribution in [2.45, 2.75) is 37.8 Å². The van der Waals surface area contributed by atoms with Gasteiger partial charge in [-0.1, -0.05) is 48.5 Å². The summed E-state index contributed by atoms with van der Waals surface area (Å²) in [5.41, 5.74) is 9.87. The van der Waals surface area contributed by atoms with Crippen molar-refractivity contribution >= 4 is 5.69 Å². The molecule has 4 rings (SSSR count). The monoisotopic (exact) mass is 379 g/mol. The lowest BCUT2D eigenvalue weighted by atomic mass is 9.88. The summed E-state index contributed by atoms with van der Waals surface area (Å²) >= 11 is 0. The van der Waals surface area contributed by atoms with Gasteiger partial charge < -0.3 is 15.4 Å². The van der Waals surface area contributed by atoms with Crippen LogP contribution < -0.4 is 5.73 Å². The van der Waals surface area contributed by atoms with Crippen molar-refractivity contribution in [3.8, 4) is 0 Å². The van der Waals surface area contributed by atoms with Crippen LogP contribution in [0.5, 0.6) is 0 Å². The number of ether oxygens (including phenoxy) is 1. The van der Waals surface area contributed by atoms with E-state index in [1.807, 2.05) is 12.1 Å². The van der Waals surface area contributed by atoms with E-state index in [4.69, 9.17) is 10.5 Å². The van der Waals surface area contributed by atoms with Gasteiger partial charge in [0.25, 0.3) is 0 Å². The molecule has 28 heavy (non-hydrogen) atoms. The second kappa shape index (κ2) is 9.55. The average molecular weight is 380 g/mol. The number of anilines is 1. The summed E-state index contributed by atoms with van der Waals surface area (Å²) in [6.07, 6.45) is 3.81. The molecule has 2 heterocycles. The van der Waals surface area contributed by atoms with Crippen LogP contribution in [0.4, 0.5) is 5.69 Å². The number of benzene rings is 2. The van der Waals surface area contributed by atoms with Crippen molar-refractivity contribution in [3.05, 3.63) is 65.7 Å².